The summed E-state index contributed by atoms with van der Waals surface area (Å²) in [6.07, 6.45) is -0.652. The molecule has 1 atom stereocenters. The summed E-state index contributed by atoms with van der Waals surface area (Å²) in [6.45, 7) is 12.5. The van der Waals surface area contributed by atoms with Crippen LogP contribution < -0.4 is 0 Å². The number of imidazole rings is 1. The number of nitrogens with one attached hydrogen (secondary N) is 1. The highest BCUT2D eigenvalue weighted by molar-refractivity contribution is 7.99. The van der Waals surface area contributed by atoms with Crippen molar-refractivity contribution in [3.63, 3.8) is 0 Å². The van der Waals surface area contributed by atoms with E-state index in [9.17, 15) is 10.2 Å². The van der Waals surface area contributed by atoms with E-state index in [0.717, 1.165) is 32.9 Å². The van der Waals surface area contributed by atoms with Gasteiger partial charge < -0.3 is 15.2 Å². The minimum atomic E-state index is -0.652. The monoisotopic (exact) mass is 398 g/mol. The van der Waals surface area contributed by atoms with Gasteiger partial charge in [0.05, 0.1) is 17.1 Å². The first-order valence-corrected chi connectivity index (χ1v) is 10.6. The molecule has 0 unspecified atom stereocenters. The third-order valence-electron chi connectivity index (χ3n) is 4.88. The maximum absolute atomic E-state index is 10.9. The van der Waals surface area contributed by atoms with Crippen molar-refractivity contribution in [1.29, 1.82) is 0 Å². The zero-order valence-corrected chi connectivity index (χ0v) is 18.3. The van der Waals surface area contributed by atoms with Gasteiger partial charge in [0.15, 0.2) is 5.16 Å². The molecule has 0 bridgehead atoms. The zero-order valence-electron chi connectivity index (χ0n) is 17.5. The third kappa shape index (κ3) is 4.36. The van der Waals surface area contributed by atoms with Crippen LogP contribution in [0.25, 0.3) is 11.0 Å². The highest BCUT2D eigenvalue weighted by Crippen LogP contribution is 2.41. The second kappa shape index (κ2) is 7.45. The van der Waals surface area contributed by atoms with E-state index in [2.05, 4.69) is 51.5 Å². The van der Waals surface area contributed by atoms with Gasteiger partial charge in [-0.05, 0) is 51.8 Å². The van der Waals surface area contributed by atoms with Crippen molar-refractivity contribution < 1.29 is 10.2 Å². The Morgan fingerprint density at radius 2 is 1.57 bits per heavy atom. The Bertz CT molecular complexity index is 912. The van der Waals surface area contributed by atoms with E-state index in [-0.39, 0.29) is 10.8 Å². The number of fused-ring (bicyclic) bond motifs is 1. The van der Waals surface area contributed by atoms with Crippen molar-refractivity contribution in [2.45, 2.75) is 63.6 Å². The summed E-state index contributed by atoms with van der Waals surface area (Å²) in [5.41, 5.74) is 4.04. The number of aliphatic hydroxyl groups is 1. The number of aliphatic hydroxyl groups excluding tert-OH is 1. The van der Waals surface area contributed by atoms with Crippen LogP contribution in [-0.4, -0.2) is 25.9 Å². The molecule has 0 amide bonds. The van der Waals surface area contributed by atoms with Crippen LogP contribution in [-0.2, 0) is 10.8 Å². The van der Waals surface area contributed by atoms with Crippen LogP contribution in [0.5, 0.6) is 5.75 Å². The average molecular weight is 399 g/mol. The van der Waals surface area contributed by atoms with Gasteiger partial charge in [0.25, 0.3) is 0 Å². The number of thioether (sulfide) groups is 1. The Balaban J connectivity index is 1.88. The lowest BCUT2D eigenvalue weighted by Gasteiger charge is -2.29. The molecule has 28 heavy (non-hydrogen) atoms. The van der Waals surface area contributed by atoms with Crippen molar-refractivity contribution in [2.24, 2.45) is 0 Å². The molecule has 5 heteroatoms. The molecule has 2 aromatic carbocycles. The lowest BCUT2D eigenvalue weighted by atomic mass is 9.78. The average Bonchev–Trinajstić information content (AvgIpc) is 3.00. The maximum Gasteiger partial charge on any atom is 0.166 e. The molecule has 0 radical (unpaired) electrons. The van der Waals surface area contributed by atoms with E-state index in [1.807, 2.05) is 36.4 Å². The van der Waals surface area contributed by atoms with Gasteiger partial charge in [-0.15, -0.1) is 0 Å². The van der Waals surface area contributed by atoms with E-state index >= 15 is 0 Å². The zero-order chi connectivity index (χ0) is 20.7. The summed E-state index contributed by atoms with van der Waals surface area (Å²) in [6, 6.07) is 11.8. The van der Waals surface area contributed by atoms with E-state index in [4.69, 9.17) is 0 Å². The van der Waals surface area contributed by atoms with Crippen LogP contribution in [0.4, 0.5) is 0 Å². The predicted molar refractivity (Wildman–Crippen MR) is 117 cm³/mol. The third-order valence-corrected chi connectivity index (χ3v) is 5.83. The topological polar surface area (TPSA) is 69.1 Å². The lowest BCUT2D eigenvalue weighted by Crippen LogP contribution is -2.18. The molecule has 0 aliphatic heterocycles. The van der Waals surface area contributed by atoms with Crippen LogP contribution in [0, 0.1) is 0 Å². The van der Waals surface area contributed by atoms with Crippen LogP contribution in [0.3, 0.4) is 0 Å². The van der Waals surface area contributed by atoms with Gasteiger partial charge in [0, 0.05) is 5.75 Å². The number of hydrogen-bond acceptors (Lipinski definition) is 4. The smallest absolute Gasteiger partial charge is 0.166 e. The number of aromatic hydroxyl groups is 1. The molecule has 0 saturated carbocycles. The summed E-state index contributed by atoms with van der Waals surface area (Å²) in [4.78, 5) is 7.85. The minimum Gasteiger partial charge on any atom is -0.507 e. The highest BCUT2D eigenvalue weighted by atomic mass is 32.2. The fourth-order valence-corrected chi connectivity index (χ4v) is 4.10. The van der Waals surface area contributed by atoms with Crippen molar-refractivity contribution >= 4 is 22.8 Å². The number of para-hydroxylation sites is 2. The number of phenols is 1. The molecular weight excluding hydrogens is 368 g/mol. The number of nitrogens with zero attached hydrogens (tertiary/aromatic N) is 1. The lowest BCUT2D eigenvalue weighted by molar-refractivity contribution is 0.203. The summed E-state index contributed by atoms with van der Waals surface area (Å²) < 4.78 is 0. The molecule has 3 N–H and O–H groups in total. The molecule has 3 aromatic rings. The Labute approximate surface area is 171 Å². The van der Waals surface area contributed by atoms with Crippen LogP contribution in [0.15, 0.2) is 41.6 Å². The number of hydrogen-bond donors (Lipinski definition) is 3. The van der Waals surface area contributed by atoms with Gasteiger partial charge in [-0.3, -0.25) is 0 Å². The van der Waals surface area contributed by atoms with Crippen molar-refractivity contribution in [3.05, 3.63) is 53.1 Å². The Morgan fingerprint density at radius 3 is 2.11 bits per heavy atom. The molecule has 3 rings (SSSR count). The first-order valence-electron chi connectivity index (χ1n) is 9.60. The first-order chi connectivity index (χ1) is 13.0. The Kier molecular flexibility index (Phi) is 5.52. The van der Waals surface area contributed by atoms with Crippen LogP contribution >= 0.6 is 11.8 Å². The van der Waals surface area contributed by atoms with E-state index in [0.29, 0.717) is 11.5 Å². The first kappa shape index (κ1) is 20.7. The predicted octanol–water partition coefficient (Wildman–Crippen LogP) is 5.69. The van der Waals surface area contributed by atoms with Gasteiger partial charge in [0.1, 0.15) is 5.75 Å². The summed E-state index contributed by atoms with van der Waals surface area (Å²) in [5.74, 6) is 0.818. The van der Waals surface area contributed by atoms with E-state index < -0.39 is 6.10 Å². The van der Waals surface area contributed by atoms with Gasteiger partial charge >= 0.3 is 0 Å². The summed E-state index contributed by atoms with van der Waals surface area (Å²) in [7, 11) is 0. The van der Waals surface area contributed by atoms with Gasteiger partial charge in [-0.1, -0.05) is 65.4 Å². The number of H-pyrrole nitrogens is 1. The molecule has 0 spiro atoms. The van der Waals surface area contributed by atoms with Crippen molar-refractivity contribution in [1.82, 2.24) is 9.97 Å². The molecule has 1 aromatic heterocycles. The molecular formula is C23H30N2O2S. The number of aromatic nitrogens is 2. The van der Waals surface area contributed by atoms with Gasteiger partial charge in [-0.25, -0.2) is 4.98 Å². The molecule has 1 heterocycles. The summed E-state index contributed by atoms with van der Waals surface area (Å²) in [5, 5.41) is 22.5. The standard InChI is InChI=1S/C23H30N2O2S/c1-22(2,3)15-11-14(12-16(20(15)27)23(4,5)6)19(26)13-28-21-24-17-9-7-8-10-18(17)25-21/h7-12,19,26-27H,13H2,1-6H3,(H,24,25)/t19-/m0/s1. The normalized spacial score (nSPS) is 13.8. The molecule has 4 nitrogen and oxygen atoms in total. The molecule has 0 saturated heterocycles. The van der Waals surface area contributed by atoms with E-state index in [1.165, 1.54) is 11.8 Å². The minimum absolute atomic E-state index is 0.217. The Hall–Kier alpha value is -1.98. The van der Waals surface area contributed by atoms with Gasteiger partial charge in [0.2, 0.25) is 0 Å². The Morgan fingerprint density at radius 1 is 1.00 bits per heavy atom. The highest BCUT2D eigenvalue weighted by Gasteiger charge is 2.27. The molecule has 0 fully saturated rings. The van der Waals surface area contributed by atoms with Crippen molar-refractivity contribution in [3.8, 4) is 5.75 Å². The number of rotatable bonds is 4. The fraction of sp³-hybridized carbons (Fsp3) is 0.435. The maximum atomic E-state index is 10.9. The van der Waals surface area contributed by atoms with Gasteiger partial charge in [-0.2, -0.15) is 0 Å². The molecule has 0 aliphatic rings. The van der Waals surface area contributed by atoms with E-state index in [1.54, 1.807) is 0 Å². The molecule has 0 aliphatic carbocycles. The second-order valence-electron chi connectivity index (χ2n) is 9.35. The number of phenolic OH excluding ortho intramolecular Hbond substituents is 1. The SMILES string of the molecule is CC(C)(C)c1cc([C@@H](O)CSc2nc3ccccc3[nH]2)cc(C(C)(C)C)c1O. The van der Waals surface area contributed by atoms with Crippen molar-refractivity contribution in [2.75, 3.05) is 5.75 Å². The fourth-order valence-electron chi connectivity index (χ4n) is 3.24. The van der Waals surface area contributed by atoms with Crippen LogP contribution in [0.2, 0.25) is 0 Å². The summed E-state index contributed by atoms with van der Waals surface area (Å²) >= 11 is 1.50. The number of benzene rings is 2. The second-order valence-corrected chi connectivity index (χ2v) is 10.4. The quantitative estimate of drug-likeness (QED) is 0.494. The largest absolute Gasteiger partial charge is 0.507 e. The van der Waals surface area contributed by atoms with Crippen LogP contribution in [0.1, 0.15) is 64.3 Å². The number of aromatic amines is 1. The molecule has 150 valence electrons.